The molecule has 14 heteroatoms. The Labute approximate surface area is 559 Å². The van der Waals surface area contributed by atoms with Gasteiger partial charge in [0.05, 0.1) is 125 Å². The first kappa shape index (κ1) is 63.4. The van der Waals surface area contributed by atoms with Crippen LogP contribution in [-0.4, -0.2) is 73.0 Å². The van der Waals surface area contributed by atoms with Gasteiger partial charge in [0.2, 0.25) is 11.8 Å². The van der Waals surface area contributed by atoms with Gasteiger partial charge < -0.3 is 9.47 Å². The molecular formula is C82H74N12O2. The molecule has 0 radical (unpaired) electrons. The molecule has 0 unspecified atom stereocenters. The minimum absolute atomic E-state index is 0.495. The predicted molar refractivity (Wildman–Crippen MR) is 395 cm³/mol. The van der Waals surface area contributed by atoms with Crippen LogP contribution in [0.1, 0.15) is 159 Å². The highest BCUT2D eigenvalue weighted by atomic mass is 16.5. The van der Waals surface area contributed by atoms with Gasteiger partial charge >= 0.3 is 0 Å². The summed E-state index contributed by atoms with van der Waals surface area (Å²) in [5.41, 5.74) is 17.9. The fraction of sp³-hybridized carbons (Fsp3) is 0.195. The lowest BCUT2D eigenvalue weighted by Crippen LogP contribution is -2.03. The van der Waals surface area contributed by atoms with E-state index >= 15 is 0 Å². The molecule has 7 aromatic carbocycles. The third-order valence-electron chi connectivity index (χ3n) is 16.5. The lowest BCUT2D eigenvalue weighted by Gasteiger charge is -2.10. The lowest BCUT2D eigenvalue weighted by molar-refractivity contribution is 0.292. The van der Waals surface area contributed by atoms with Gasteiger partial charge in [-0.2, -0.15) is 0 Å². The summed E-state index contributed by atoms with van der Waals surface area (Å²) >= 11 is 0. The minimum Gasteiger partial charge on any atom is -0.476 e. The second kappa shape index (κ2) is 31.5. The number of aromatic nitrogens is 12. The van der Waals surface area contributed by atoms with E-state index in [1.165, 1.54) is 51.4 Å². The maximum Gasteiger partial charge on any atom is 0.240 e. The molecule has 13 rings (SSSR count). The van der Waals surface area contributed by atoms with Crippen molar-refractivity contribution in [3.63, 3.8) is 0 Å². The predicted octanol–water partition coefficient (Wildman–Crippen LogP) is 19.8. The van der Waals surface area contributed by atoms with E-state index in [0.29, 0.717) is 81.9 Å². The SMILES string of the molecule is CCCCCCCCOc1nc2ccccc2nc1/C=C/c1nc2ccccc2nc1/C=C/c1nc2ccccc2nc1/C=C/c1ccc(/C=C/c2nc3ccccc3nc2/C=C/c2nc3ccccc3nc2/C=C/c2nc3ccccc3nc2OCCCCCCCC)cc1. The van der Waals surface area contributed by atoms with Gasteiger partial charge in [0, 0.05) is 0 Å². The molecule has 96 heavy (non-hydrogen) atoms. The first-order valence-electron chi connectivity index (χ1n) is 33.5. The van der Waals surface area contributed by atoms with E-state index < -0.39 is 0 Å². The van der Waals surface area contributed by atoms with Gasteiger partial charge in [-0.05, 0) is 158 Å². The second-order valence-electron chi connectivity index (χ2n) is 23.6. The molecule has 6 heterocycles. The summed E-state index contributed by atoms with van der Waals surface area (Å²) in [6.07, 6.45) is 37.7. The number of hydrogen-bond acceptors (Lipinski definition) is 14. The highest BCUT2D eigenvalue weighted by Gasteiger charge is 2.15. The van der Waals surface area contributed by atoms with Crippen LogP contribution in [0.5, 0.6) is 11.8 Å². The van der Waals surface area contributed by atoms with Crippen molar-refractivity contribution in [2.24, 2.45) is 0 Å². The molecule has 0 atom stereocenters. The topological polar surface area (TPSA) is 173 Å². The molecule has 0 aliphatic heterocycles. The fourth-order valence-electron chi connectivity index (χ4n) is 11.3. The fourth-order valence-corrected chi connectivity index (χ4v) is 11.3. The Morgan fingerprint density at radius 1 is 0.208 bits per heavy atom. The average Bonchev–Trinajstić information content (AvgIpc) is 1.08. The standard InChI is InChI=1S/C82H74N12O2/c1-3-5-7-9-11-25-55-95-81-79(91-67-35-21-23-37-69(67)93-81)53-51-77-75(87-63-31-17-19-33-65(63)89-77)49-47-73-71(83-59-27-13-15-29-61(59)85-73)45-43-57-39-41-58(42-40-57)44-46-72-74(86-62-30-16-14-28-60(62)84-72)48-50-76-78(90-66-34-20-18-32-64(66)88-76)52-54-80-82(96-56-26-12-10-8-6-4-2)94-70-38-24-22-36-68(70)92-80/h13-24,27-54H,3-12,25-26,55-56H2,1-2H3/b45-43+,46-44+,49-47+,50-48+,53-51+,54-52+. The summed E-state index contributed by atoms with van der Waals surface area (Å²) in [6.45, 7) is 5.60. The third-order valence-corrected chi connectivity index (χ3v) is 16.5. The van der Waals surface area contributed by atoms with Crippen molar-refractivity contribution in [1.29, 1.82) is 0 Å². The van der Waals surface area contributed by atoms with Gasteiger partial charge in [-0.15, -0.1) is 0 Å². The molecule has 0 N–H and O–H groups in total. The Morgan fingerprint density at radius 3 is 0.635 bits per heavy atom. The van der Waals surface area contributed by atoms with Crippen molar-refractivity contribution in [3.05, 3.63) is 238 Å². The van der Waals surface area contributed by atoms with Crippen LogP contribution in [0, 0.1) is 0 Å². The van der Waals surface area contributed by atoms with E-state index in [4.69, 9.17) is 69.3 Å². The summed E-state index contributed by atoms with van der Waals surface area (Å²) in [6, 6.07) is 55.7. The number of para-hydroxylation sites is 12. The van der Waals surface area contributed by atoms with E-state index in [1.54, 1.807) is 0 Å². The van der Waals surface area contributed by atoms with E-state index in [1.807, 2.05) is 206 Å². The minimum atomic E-state index is 0.495. The van der Waals surface area contributed by atoms with Crippen LogP contribution in [0.3, 0.4) is 0 Å². The van der Waals surface area contributed by atoms with Crippen LogP contribution in [0.25, 0.3) is 139 Å². The maximum atomic E-state index is 6.35. The van der Waals surface area contributed by atoms with Crippen LogP contribution < -0.4 is 9.47 Å². The van der Waals surface area contributed by atoms with Crippen molar-refractivity contribution in [2.45, 2.75) is 90.9 Å². The van der Waals surface area contributed by atoms with Gasteiger partial charge in [-0.3, -0.25) is 0 Å². The smallest absolute Gasteiger partial charge is 0.240 e. The monoisotopic (exact) mass is 1260 g/mol. The Balaban J connectivity index is 0.757. The second-order valence-corrected chi connectivity index (χ2v) is 23.6. The zero-order valence-electron chi connectivity index (χ0n) is 54.2. The van der Waals surface area contributed by atoms with Crippen molar-refractivity contribution >= 4 is 139 Å². The molecule has 0 fully saturated rings. The Morgan fingerprint density at radius 2 is 0.396 bits per heavy atom. The highest BCUT2D eigenvalue weighted by Crippen LogP contribution is 2.28. The molecule has 6 aromatic heterocycles. The summed E-state index contributed by atoms with van der Waals surface area (Å²) < 4.78 is 12.7. The largest absolute Gasteiger partial charge is 0.476 e. The summed E-state index contributed by atoms with van der Waals surface area (Å²) in [5.74, 6) is 0.989. The van der Waals surface area contributed by atoms with Gasteiger partial charge in [0.25, 0.3) is 0 Å². The summed E-state index contributed by atoms with van der Waals surface area (Å²) in [5, 5.41) is 0. The van der Waals surface area contributed by atoms with Crippen molar-refractivity contribution < 1.29 is 9.47 Å². The molecule has 0 amide bonds. The summed E-state index contributed by atoms with van der Waals surface area (Å²) in [7, 11) is 0. The number of unbranched alkanes of at least 4 members (excludes halogenated alkanes) is 10. The Kier molecular flexibility index (Phi) is 20.8. The third kappa shape index (κ3) is 16.1. The molecule has 0 aliphatic rings. The summed E-state index contributed by atoms with van der Waals surface area (Å²) in [4.78, 5) is 60.8. The van der Waals surface area contributed by atoms with Crippen LogP contribution in [0.2, 0.25) is 0 Å². The van der Waals surface area contributed by atoms with Gasteiger partial charge in [0.15, 0.2) is 0 Å². The zero-order valence-corrected chi connectivity index (χ0v) is 54.2. The lowest BCUT2D eigenvalue weighted by atomic mass is 10.1. The van der Waals surface area contributed by atoms with E-state index in [-0.39, 0.29) is 0 Å². The number of ether oxygens (including phenoxy) is 2. The Bertz CT molecular complexity index is 4760. The normalized spacial score (nSPS) is 12.2. The van der Waals surface area contributed by atoms with E-state index in [9.17, 15) is 0 Å². The number of hydrogen-bond donors (Lipinski definition) is 0. The van der Waals surface area contributed by atoms with Crippen LogP contribution in [-0.2, 0) is 0 Å². The van der Waals surface area contributed by atoms with Crippen molar-refractivity contribution in [1.82, 2.24) is 59.8 Å². The van der Waals surface area contributed by atoms with Crippen LogP contribution in [0.15, 0.2) is 170 Å². The molecule has 0 saturated carbocycles. The molecule has 14 nitrogen and oxygen atoms in total. The number of fused-ring (bicyclic) bond motifs is 6. The van der Waals surface area contributed by atoms with E-state index in [0.717, 1.165) is 103 Å². The first-order chi connectivity index (χ1) is 47.5. The van der Waals surface area contributed by atoms with Crippen molar-refractivity contribution in [3.8, 4) is 11.8 Å². The quantitative estimate of drug-likeness (QED) is 0.0424. The maximum absolute atomic E-state index is 6.35. The first-order valence-corrected chi connectivity index (χ1v) is 33.5. The van der Waals surface area contributed by atoms with Crippen LogP contribution in [0.4, 0.5) is 0 Å². The molecular weight excluding hydrogens is 1180 g/mol. The zero-order chi connectivity index (χ0) is 65.1. The number of nitrogens with zero attached hydrogens (tertiary/aromatic N) is 12. The van der Waals surface area contributed by atoms with Crippen LogP contribution >= 0.6 is 0 Å². The molecule has 0 bridgehead atoms. The average molecular weight is 1260 g/mol. The van der Waals surface area contributed by atoms with Crippen molar-refractivity contribution in [2.75, 3.05) is 13.2 Å². The van der Waals surface area contributed by atoms with Gasteiger partial charge in [-0.1, -0.05) is 187 Å². The number of benzene rings is 7. The number of rotatable bonds is 28. The molecule has 0 aliphatic carbocycles. The highest BCUT2D eigenvalue weighted by molar-refractivity contribution is 5.89. The Hall–Kier alpha value is -11.4. The van der Waals surface area contributed by atoms with Gasteiger partial charge in [0.1, 0.15) is 11.4 Å². The molecule has 0 saturated heterocycles. The molecule has 13 aromatic rings. The molecule has 0 spiro atoms. The molecule has 474 valence electrons. The van der Waals surface area contributed by atoms with Gasteiger partial charge in [-0.25, -0.2) is 59.8 Å². The van der Waals surface area contributed by atoms with E-state index in [2.05, 4.69) is 50.3 Å².